The van der Waals surface area contributed by atoms with E-state index >= 15 is 0 Å². The van der Waals surface area contributed by atoms with Gasteiger partial charge in [-0.3, -0.25) is 20.2 Å². The number of nitro groups is 2. The van der Waals surface area contributed by atoms with Crippen molar-refractivity contribution in [2.24, 2.45) is 0 Å². The van der Waals surface area contributed by atoms with Gasteiger partial charge in [-0.15, -0.1) is 0 Å². The van der Waals surface area contributed by atoms with Crippen LogP contribution in [0.2, 0.25) is 0 Å². The molecule has 0 fully saturated rings. The Labute approximate surface area is 158 Å². The SMILES string of the molecule is COc1cc(C(O)C(=O)OCc2ccc([N+](=O)[O-])cc2)c([N+](=O)[O-])cc1OC. The molecule has 11 nitrogen and oxygen atoms in total. The van der Waals surface area contributed by atoms with E-state index in [1.165, 1.54) is 38.5 Å². The van der Waals surface area contributed by atoms with E-state index in [-0.39, 0.29) is 29.4 Å². The lowest BCUT2D eigenvalue weighted by Gasteiger charge is -2.14. The molecule has 0 aliphatic carbocycles. The second-order valence-corrected chi connectivity index (χ2v) is 5.46. The zero-order valence-corrected chi connectivity index (χ0v) is 14.9. The van der Waals surface area contributed by atoms with E-state index in [1.807, 2.05) is 0 Å². The van der Waals surface area contributed by atoms with Crippen molar-refractivity contribution in [2.45, 2.75) is 12.7 Å². The molecule has 1 N–H and O–H groups in total. The lowest BCUT2D eigenvalue weighted by Crippen LogP contribution is -2.17. The number of nitro benzene ring substituents is 2. The molecule has 0 spiro atoms. The minimum atomic E-state index is -1.95. The summed E-state index contributed by atoms with van der Waals surface area (Å²) in [6.07, 6.45) is -1.95. The number of rotatable bonds is 8. The minimum absolute atomic E-state index is 0.0596. The van der Waals surface area contributed by atoms with Crippen LogP contribution in [0.3, 0.4) is 0 Å². The van der Waals surface area contributed by atoms with Crippen LogP contribution in [0.25, 0.3) is 0 Å². The topological polar surface area (TPSA) is 151 Å². The maximum absolute atomic E-state index is 12.1. The molecule has 0 bridgehead atoms. The lowest BCUT2D eigenvalue weighted by molar-refractivity contribution is -0.386. The molecule has 2 rings (SSSR count). The maximum Gasteiger partial charge on any atom is 0.340 e. The molecular weight excluding hydrogens is 376 g/mol. The first-order valence-corrected chi connectivity index (χ1v) is 7.76. The number of nitrogens with zero attached hydrogens (tertiary/aromatic N) is 2. The van der Waals surface area contributed by atoms with Gasteiger partial charge in [-0.05, 0) is 23.8 Å². The highest BCUT2D eigenvalue weighted by molar-refractivity contribution is 5.78. The average Bonchev–Trinajstić information content (AvgIpc) is 2.70. The van der Waals surface area contributed by atoms with Crippen molar-refractivity contribution in [2.75, 3.05) is 14.2 Å². The van der Waals surface area contributed by atoms with Gasteiger partial charge in [-0.1, -0.05) is 0 Å². The molecule has 2 aromatic rings. The first kappa shape index (κ1) is 20.6. The summed E-state index contributed by atoms with van der Waals surface area (Å²) >= 11 is 0. The molecule has 148 valence electrons. The number of esters is 1. The second kappa shape index (κ2) is 8.77. The summed E-state index contributed by atoms with van der Waals surface area (Å²) in [4.78, 5) is 32.7. The Morgan fingerprint density at radius 2 is 1.61 bits per heavy atom. The monoisotopic (exact) mass is 392 g/mol. The molecule has 0 saturated heterocycles. The molecular formula is C17H16N2O9. The first-order valence-electron chi connectivity index (χ1n) is 7.76. The third-order valence-electron chi connectivity index (χ3n) is 3.78. The number of hydrogen-bond acceptors (Lipinski definition) is 9. The largest absolute Gasteiger partial charge is 0.493 e. The first-order chi connectivity index (χ1) is 13.3. The molecule has 0 aliphatic rings. The number of non-ortho nitro benzene ring substituents is 1. The predicted octanol–water partition coefficient (Wildman–Crippen LogP) is 2.30. The quantitative estimate of drug-likeness (QED) is 0.405. The number of hydrogen-bond donors (Lipinski definition) is 1. The Morgan fingerprint density at radius 3 is 2.11 bits per heavy atom. The zero-order valence-electron chi connectivity index (χ0n) is 14.9. The van der Waals surface area contributed by atoms with Gasteiger partial charge in [-0.25, -0.2) is 4.79 Å². The Hall–Kier alpha value is -3.73. The number of aliphatic hydroxyl groups is 1. The van der Waals surface area contributed by atoms with Crippen molar-refractivity contribution in [1.29, 1.82) is 0 Å². The van der Waals surface area contributed by atoms with E-state index in [4.69, 9.17) is 14.2 Å². The van der Waals surface area contributed by atoms with E-state index in [1.54, 1.807) is 0 Å². The Bertz CT molecular complexity index is 896. The van der Waals surface area contributed by atoms with Gasteiger partial charge in [0.25, 0.3) is 11.4 Å². The number of ether oxygens (including phenoxy) is 3. The van der Waals surface area contributed by atoms with Gasteiger partial charge in [-0.2, -0.15) is 0 Å². The van der Waals surface area contributed by atoms with E-state index in [2.05, 4.69) is 0 Å². The van der Waals surface area contributed by atoms with E-state index in [9.17, 15) is 30.1 Å². The number of aliphatic hydroxyl groups excluding tert-OH is 1. The summed E-state index contributed by atoms with van der Waals surface area (Å²) in [7, 11) is 2.59. The molecule has 0 heterocycles. The number of carbonyl (C=O) groups excluding carboxylic acids is 1. The highest BCUT2D eigenvalue weighted by atomic mass is 16.6. The van der Waals surface area contributed by atoms with Crippen LogP contribution in [0.1, 0.15) is 17.2 Å². The minimum Gasteiger partial charge on any atom is -0.493 e. The van der Waals surface area contributed by atoms with Crippen molar-refractivity contribution < 1.29 is 34.0 Å². The Balaban J connectivity index is 2.19. The molecule has 28 heavy (non-hydrogen) atoms. The standard InChI is InChI=1S/C17H16N2O9/c1-26-14-7-12(13(19(24)25)8-15(14)27-2)16(20)17(21)28-9-10-3-5-11(6-4-10)18(22)23/h3-8,16,20H,9H2,1-2H3. The molecule has 0 aliphatic heterocycles. The van der Waals surface area contributed by atoms with Crippen LogP contribution in [-0.2, 0) is 16.1 Å². The molecule has 2 aromatic carbocycles. The van der Waals surface area contributed by atoms with Crippen LogP contribution >= 0.6 is 0 Å². The van der Waals surface area contributed by atoms with Crippen LogP contribution < -0.4 is 9.47 Å². The van der Waals surface area contributed by atoms with Gasteiger partial charge < -0.3 is 19.3 Å². The van der Waals surface area contributed by atoms with Crippen LogP contribution in [-0.4, -0.2) is 35.1 Å². The number of carbonyl (C=O) groups is 1. The molecule has 0 amide bonds. The summed E-state index contributed by atoms with van der Waals surface area (Å²) in [5.74, 6) is -0.983. The summed E-state index contributed by atoms with van der Waals surface area (Å²) in [5, 5.41) is 32.1. The van der Waals surface area contributed by atoms with Crippen molar-refractivity contribution in [3.8, 4) is 11.5 Å². The van der Waals surface area contributed by atoms with Gasteiger partial charge in [0, 0.05) is 12.1 Å². The number of methoxy groups -OCH3 is 2. The van der Waals surface area contributed by atoms with Crippen LogP contribution in [0.15, 0.2) is 36.4 Å². The van der Waals surface area contributed by atoms with Gasteiger partial charge >= 0.3 is 5.97 Å². The van der Waals surface area contributed by atoms with E-state index < -0.39 is 27.6 Å². The second-order valence-electron chi connectivity index (χ2n) is 5.46. The predicted molar refractivity (Wildman–Crippen MR) is 94.1 cm³/mol. The van der Waals surface area contributed by atoms with Gasteiger partial charge in [0.2, 0.25) is 0 Å². The average molecular weight is 392 g/mol. The molecule has 11 heteroatoms. The summed E-state index contributed by atoms with van der Waals surface area (Å²) in [6.45, 7) is -0.283. The fourth-order valence-corrected chi connectivity index (χ4v) is 2.34. The fourth-order valence-electron chi connectivity index (χ4n) is 2.34. The normalized spacial score (nSPS) is 11.4. The van der Waals surface area contributed by atoms with Gasteiger partial charge in [0.05, 0.1) is 35.7 Å². The van der Waals surface area contributed by atoms with Crippen LogP contribution in [0, 0.1) is 20.2 Å². The van der Waals surface area contributed by atoms with Crippen LogP contribution in [0.5, 0.6) is 11.5 Å². The summed E-state index contributed by atoms with van der Waals surface area (Å²) < 4.78 is 15.0. The third kappa shape index (κ3) is 4.51. The van der Waals surface area contributed by atoms with Crippen molar-refractivity contribution >= 4 is 17.3 Å². The molecule has 0 aromatic heterocycles. The molecule has 0 radical (unpaired) electrons. The van der Waals surface area contributed by atoms with Crippen molar-refractivity contribution in [3.05, 3.63) is 67.8 Å². The molecule has 0 saturated carbocycles. The Morgan fingerprint density at radius 1 is 1.04 bits per heavy atom. The van der Waals surface area contributed by atoms with E-state index in [0.717, 1.165) is 12.1 Å². The zero-order chi connectivity index (χ0) is 20.8. The fraction of sp³-hybridized carbons (Fsp3) is 0.235. The van der Waals surface area contributed by atoms with Crippen molar-refractivity contribution in [1.82, 2.24) is 0 Å². The highest BCUT2D eigenvalue weighted by Crippen LogP contribution is 2.37. The summed E-state index contributed by atoms with van der Waals surface area (Å²) in [6, 6.07) is 7.39. The number of benzene rings is 2. The van der Waals surface area contributed by atoms with Gasteiger partial charge in [0.15, 0.2) is 17.6 Å². The smallest absolute Gasteiger partial charge is 0.340 e. The molecule has 1 unspecified atom stereocenters. The maximum atomic E-state index is 12.1. The van der Waals surface area contributed by atoms with E-state index in [0.29, 0.717) is 5.56 Å². The Kier molecular flexibility index (Phi) is 6.45. The third-order valence-corrected chi connectivity index (χ3v) is 3.78. The van der Waals surface area contributed by atoms with Gasteiger partial charge in [0.1, 0.15) is 6.61 Å². The molecule has 1 atom stereocenters. The van der Waals surface area contributed by atoms with Crippen LogP contribution in [0.4, 0.5) is 11.4 Å². The summed E-state index contributed by atoms with van der Waals surface area (Å²) in [5.41, 5.74) is -0.558. The lowest BCUT2D eigenvalue weighted by atomic mass is 10.1. The highest BCUT2D eigenvalue weighted by Gasteiger charge is 2.30. The van der Waals surface area contributed by atoms with Crippen molar-refractivity contribution in [3.63, 3.8) is 0 Å².